The van der Waals surface area contributed by atoms with E-state index in [4.69, 9.17) is 15.2 Å². The molecule has 2 rings (SSSR count). The van der Waals surface area contributed by atoms with E-state index in [2.05, 4.69) is 13.8 Å². The molecule has 0 bridgehead atoms. The van der Waals surface area contributed by atoms with Crippen LogP contribution in [0.5, 0.6) is 11.5 Å². The second-order valence-electron chi connectivity index (χ2n) is 6.21. The third-order valence-electron chi connectivity index (χ3n) is 4.20. The molecular formula is C16H24N2O3. The van der Waals surface area contributed by atoms with E-state index in [1.54, 1.807) is 32.4 Å². The lowest BCUT2D eigenvalue weighted by Gasteiger charge is -2.42. The molecule has 0 saturated carbocycles. The maximum Gasteiger partial charge on any atom is 0.254 e. The molecule has 1 aliphatic heterocycles. The SMILES string of the molecule is COc1cc(OC)cc(C(=O)N2CCC(N)C(C)(C)C2)c1. The van der Waals surface area contributed by atoms with Crippen LogP contribution in [0.3, 0.4) is 0 Å². The topological polar surface area (TPSA) is 64.8 Å². The number of carbonyl (C=O) groups is 1. The van der Waals surface area contributed by atoms with Gasteiger partial charge in [0.15, 0.2) is 0 Å². The molecule has 5 nitrogen and oxygen atoms in total. The van der Waals surface area contributed by atoms with Gasteiger partial charge in [-0.3, -0.25) is 4.79 Å². The lowest BCUT2D eigenvalue weighted by Crippen LogP contribution is -2.54. The fourth-order valence-corrected chi connectivity index (χ4v) is 2.66. The van der Waals surface area contributed by atoms with E-state index < -0.39 is 0 Å². The average Bonchev–Trinajstić information content (AvgIpc) is 2.48. The Hall–Kier alpha value is -1.75. The summed E-state index contributed by atoms with van der Waals surface area (Å²) in [5.74, 6) is 1.23. The maximum atomic E-state index is 12.7. The second-order valence-corrected chi connectivity index (χ2v) is 6.21. The summed E-state index contributed by atoms with van der Waals surface area (Å²) in [7, 11) is 3.15. The molecule has 116 valence electrons. The number of methoxy groups -OCH3 is 2. The number of amides is 1. The van der Waals surface area contributed by atoms with Crippen LogP contribution in [0.1, 0.15) is 30.6 Å². The van der Waals surface area contributed by atoms with Gasteiger partial charge in [0.2, 0.25) is 0 Å². The molecule has 5 heteroatoms. The molecule has 2 N–H and O–H groups in total. The Kier molecular flexibility index (Phi) is 4.42. The summed E-state index contributed by atoms with van der Waals surface area (Å²) >= 11 is 0. The van der Waals surface area contributed by atoms with E-state index in [9.17, 15) is 4.79 Å². The average molecular weight is 292 g/mol. The molecule has 1 aliphatic rings. The molecule has 1 heterocycles. The summed E-state index contributed by atoms with van der Waals surface area (Å²) in [6.07, 6.45) is 0.819. The molecule has 1 unspecified atom stereocenters. The molecule has 1 saturated heterocycles. The highest BCUT2D eigenvalue weighted by atomic mass is 16.5. The minimum atomic E-state index is -0.0726. The predicted octanol–water partition coefficient (Wildman–Crippen LogP) is 1.90. The zero-order chi connectivity index (χ0) is 15.6. The number of ether oxygens (including phenoxy) is 2. The van der Waals surface area contributed by atoms with Gasteiger partial charge < -0.3 is 20.1 Å². The minimum Gasteiger partial charge on any atom is -0.497 e. The first-order chi connectivity index (χ1) is 9.87. The Morgan fingerprint density at radius 1 is 1.24 bits per heavy atom. The Labute approximate surface area is 126 Å². The van der Waals surface area contributed by atoms with Crippen molar-refractivity contribution in [2.75, 3.05) is 27.3 Å². The molecule has 0 radical (unpaired) electrons. The number of likely N-dealkylation sites (tertiary alicyclic amines) is 1. The Morgan fingerprint density at radius 2 is 1.81 bits per heavy atom. The Bertz CT molecular complexity index is 506. The van der Waals surface area contributed by atoms with Gasteiger partial charge in [0.25, 0.3) is 5.91 Å². The van der Waals surface area contributed by atoms with Gasteiger partial charge >= 0.3 is 0 Å². The highest BCUT2D eigenvalue weighted by Gasteiger charge is 2.35. The molecular weight excluding hydrogens is 268 g/mol. The third kappa shape index (κ3) is 3.29. The lowest BCUT2D eigenvalue weighted by atomic mass is 9.79. The molecule has 1 fully saturated rings. The zero-order valence-electron chi connectivity index (χ0n) is 13.2. The normalized spacial score (nSPS) is 21.0. The van der Waals surface area contributed by atoms with E-state index in [-0.39, 0.29) is 17.4 Å². The van der Waals surface area contributed by atoms with E-state index in [0.29, 0.717) is 30.2 Å². The van der Waals surface area contributed by atoms with Gasteiger partial charge in [-0.15, -0.1) is 0 Å². The zero-order valence-corrected chi connectivity index (χ0v) is 13.2. The third-order valence-corrected chi connectivity index (χ3v) is 4.20. The molecule has 1 aromatic rings. The number of benzene rings is 1. The number of carbonyl (C=O) groups excluding carboxylic acids is 1. The van der Waals surface area contributed by atoms with Crippen LogP contribution in [0.2, 0.25) is 0 Å². The molecule has 1 aromatic carbocycles. The predicted molar refractivity (Wildman–Crippen MR) is 81.8 cm³/mol. The number of hydrogen-bond acceptors (Lipinski definition) is 4. The Morgan fingerprint density at radius 3 is 2.29 bits per heavy atom. The molecule has 1 amide bonds. The van der Waals surface area contributed by atoms with Gasteiger partial charge in [-0.2, -0.15) is 0 Å². The number of nitrogens with zero attached hydrogens (tertiary/aromatic N) is 1. The van der Waals surface area contributed by atoms with Gasteiger partial charge in [0, 0.05) is 30.8 Å². The van der Waals surface area contributed by atoms with Crippen molar-refractivity contribution in [3.05, 3.63) is 23.8 Å². The first-order valence-corrected chi connectivity index (χ1v) is 7.15. The highest BCUT2D eigenvalue weighted by molar-refractivity contribution is 5.95. The van der Waals surface area contributed by atoms with Crippen molar-refractivity contribution < 1.29 is 14.3 Å². The van der Waals surface area contributed by atoms with Crippen LogP contribution in [-0.2, 0) is 0 Å². The molecule has 0 aliphatic carbocycles. The van der Waals surface area contributed by atoms with Crippen molar-refractivity contribution in [2.24, 2.45) is 11.1 Å². The summed E-state index contributed by atoms with van der Waals surface area (Å²) in [4.78, 5) is 14.6. The van der Waals surface area contributed by atoms with Crippen LogP contribution in [-0.4, -0.2) is 44.2 Å². The Balaban J connectivity index is 2.24. The smallest absolute Gasteiger partial charge is 0.254 e. The van der Waals surface area contributed by atoms with Crippen LogP contribution in [0.25, 0.3) is 0 Å². The maximum absolute atomic E-state index is 12.7. The van der Waals surface area contributed by atoms with E-state index in [1.165, 1.54) is 0 Å². The summed E-state index contributed by atoms with van der Waals surface area (Å²) in [5.41, 5.74) is 6.64. The van der Waals surface area contributed by atoms with Gasteiger partial charge in [-0.25, -0.2) is 0 Å². The first kappa shape index (κ1) is 15.6. The molecule has 21 heavy (non-hydrogen) atoms. The molecule has 0 spiro atoms. The monoisotopic (exact) mass is 292 g/mol. The number of piperidine rings is 1. The van der Waals surface area contributed by atoms with E-state index in [0.717, 1.165) is 6.42 Å². The summed E-state index contributed by atoms with van der Waals surface area (Å²) < 4.78 is 10.4. The second kappa shape index (κ2) is 5.93. The van der Waals surface area contributed by atoms with Crippen LogP contribution in [0.4, 0.5) is 0 Å². The lowest BCUT2D eigenvalue weighted by molar-refractivity contribution is 0.0532. The van der Waals surface area contributed by atoms with Crippen molar-refractivity contribution in [3.8, 4) is 11.5 Å². The van der Waals surface area contributed by atoms with Crippen molar-refractivity contribution in [3.63, 3.8) is 0 Å². The number of rotatable bonds is 3. The van der Waals surface area contributed by atoms with Crippen LogP contribution in [0, 0.1) is 5.41 Å². The largest absolute Gasteiger partial charge is 0.497 e. The quantitative estimate of drug-likeness (QED) is 0.924. The fraction of sp³-hybridized carbons (Fsp3) is 0.562. The molecule has 1 atom stereocenters. The van der Waals surface area contributed by atoms with Gasteiger partial charge in [0.1, 0.15) is 11.5 Å². The van der Waals surface area contributed by atoms with Gasteiger partial charge in [0.05, 0.1) is 14.2 Å². The summed E-state index contributed by atoms with van der Waals surface area (Å²) in [6, 6.07) is 5.37. The van der Waals surface area contributed by atoms with E-state index in [1.807, 2.05) is 4.90 Å². The van der Waals surface area contributed by atoms with Crippen LogP contribution >= 0.6 is 0 Å². The number of nitrogens with two attached hydrogens (primary N) is 1. The van der Waals surface area contributed by atoms with Gasteiger partial charge in [-0.1, -0.05) is 13.8 Å². The van der Waals surface area contributed by atoms with Crippen molar-refractivity contribution >= 4 is 5.91 Å². The van der Waals surface area contributed by atoms with Crippen molar-refractivity contribution in [1.82, 2.24) is 4.90 Å². The van der Waals surface area contributed by atoms with Gasteiger partial charge in [-0.05, 0) is 24.0 Å². The molecule has 0 aromatic heterocycles. The minimum absolute atomic E-state index is 0.00725. The highest BCUT2D eigenvalue weighted by Crippen LogP contribution is 2.30. The van der Waals surface area contributed by atoms with Crippen LogP contribution in [0.15, 0.2) is 18.2 Å². The number of hydrogen-bond donors (Lipinski definition) is 1. The van der Waals surface area contributed by atoms with Crippen molar-refractivity contribution in [2.45, 2.75) is 26.3 Å². The first-order valence-electron chi connectivity index (χ1n) is 7.15. The summed E-state index contributed by atoms with van der Waals surface area (Å²) in [5, 5.41) is 0. The van der Waals surface area contributed by atoms with E-state index >= 15 is 0 Å². The fourth-order valence-electron chi connectivity index (χ4n) is 2.66. The van der Waals surface area contributed by atoms with Crippen molar-refractivity contribution in [1.29, 1.82) is 0 Å². The standard InChI is InChI=1S/C16H24N2O3/c1-16(2)10-18(6-5-14(16)17)15(19)11-7-12(20-3)9-13(8-11)21-4/h7-9,14H,5-6,10,17H2,1-4H3. The van der Waals surface area contributed by atoms with Crippen LogP contribution < -0.4 is 15.2 Å². The summed E-state index contributed by atoms with van der Waals surface area (Å²) in [6.45, 7) is 5.54.